The second-order valence-corrected chi connectivity index (χ2v) is 11.9. The van der Waals surface area contributed by atoms with Crippen molar-refractivity contribution in [1.82, 2.24) is 49.8 Å². The molecule has 0 saturated heterocycles. The maximum absolute atomic E-state index is 12.7. The van der Waals surface area contributed by atoms with Gasteiger partial charge in [-0.25, -0.2) is 22.4 Å². The zero-order chi connectivity index (χ0) is 26.9. The molecule has 0 aliphatic heterocycles. The first-order chi connectivity index (χ1) is 18.1. The quantitative estimate of drug-likeness (QED) is 0.269. The molecule has 4 aromatic rings. The van der Waals surface area contributed by atoms with Gasteiger partial charge in [0.15, 0.2) is 11.5 Å². The van der Waals surface area contributed by atoms with E-state index in [0.717, 1.165) is 18.7 Å². The molecule has 200 valence electrons. The van der Waals surface area contributed by atoms with E-state index >= 15 is 0 Å². The molecule has 5 rings (SSSR count). The predicted molar refractivity (Wildman–Crippen MR) is 138 cm³/mol. The first kappa shape index (κ1) is 25.7. The molecule has 1 aliphatic rings. The number of aromatic nitrogens is 8. The molecule has 0 aromatic carbocycles. The Hall–Kier alpha value is -3.98. The number of nitrogens with one attached hydrogen (secondary N) is 3. The monoisotopic (exact) mass is 539 g/mol. The number of sulfonamides is 1. The van der Waals surface area contributed by atoms with Gasteiger partial charge in [0.05, 0.1) is 6.54 Å². The Morgan fingerprint density at radius 3 is 2.71 bits per heavy atom. The second kappa shape index (κ2) is 10.1. The fraction of sp³-hybridized carbons (Fsp3) is 0.435. The van der Waals surface area contributed by atoms with Crippen LogP contribution >= 0.6 is 0 Å². The van der Waals surface area contributed by atoms with Crippen LogP contribution in [0, 0.1) is 0 Å². The molecule has 1 aliphatic carbocycles. The lowest BCUT2D eigenvalue weighted by Crippen LogP contribution is -2.40. The molecule has 15 heteroatoms. The van der Waals surface area contributed by atoms with Crippen molar-refractivity contribution in [2.75, 3.05) is 11.9 Å². The van der Waals surface area contributed by atoms with Gasteiger partial charge in [0.2, 0.25) is 10.0 Å². The van der Waals surface area contributed by atoms with E-state index in [2.05, 4.69) is 45.8 Å². The number of pyridine rings is 2. The minimum absolute atomic E-state index is 0.0632. The van der Waals surface area contributed by atoms with E-state index in [0.29, 0.717) is 42.2 Å². The number of nitrogens with zero attached hydrogens (tertiary/aromatic N) is 8. The minimum atomic E-state index is -3.74. The molecule has 0 spiro atoms. The van der Waals surface area contributed by atoms with Gasteiger partial charge in [0, 0.05) is 42.2 Å². The molecule has 1 fully saturated rings. The summed E-state index contributed by atoms with van der Waals surface area (Å²) in [6.07, 6.45) is 7.44. The average molecular weight is 540 g/mol. The van der Waals surface area contributed by atoms with E-state index in [9.17, 15) is 13.2 Å². The van der Waals surface area contributed by atoms with Crippen LogP contribution < -0.4 is 15.4 Å². The van der Waals surface area contributed by atoms with Crippen LogP contribution in [-0.4, -0.2) is 66.3 Å². The van der Waals surface area contributed by atoms with Crippen LogP contribution in [0.1, 0.15) is 51.8 Å². The Morgan fingerprint density at radius 2 is 1.95 bits per heavy atom. The average Bonchev–Trinajstić information content (AvgIpc) is 3.45. The standard InChI is InChI=1S/C23H29N11O3S/c1-23(2,3)31-38(36,37)18-11-17(13-24-14-18)16-7-10-33-19(12-16)26-21(30-33)27-22(35)25-8-4-9-34-29-20(28-32-34)15-5-6-15/h7,10-15,31H,4-6,8-9H2,1-3H3,(H2,25,27,30,35). The number of urea groups is 1. The second-order valence-electron chi connectivity index (χ2n) is 10.2. The van der Waals surface area contributed by atoms with Crippen LogP contribution in [0.4, 0.5) is 10.7 Å². The third-order valence-corrected chi connectivity index (χ3v) is 7.32. The third kappa shape index (κ3) is 6.28. The summed E-state index contributed by atoms with van der Waals surface area (Å²) in [7, 11) is -3.74. The van der Waals surface area contributed by atoms with Crippen molar-refractivity contribution in [2.24, 2.45) is 0 Å². The molecule has 14 nitrogen and oxygen atoms in total. The molecule has 0 bridgehead atoms. The Kier molecular flexibility index (Phi) is 6.79. The van der Waals surface area contributed by atoms with Crippen LogP contribution in [0.15, 0.2) is 41.7 Å². The Balaban J connectivity index is 1.19. The summed E-state index contributed by atoms with van der Waals surface area (Å²) in [5.74, 6) is 1.38. The number of hydrogen-bond donors (Lipinski definition) is 3. The molecule has 3 N–H and O–H groups in total. The van der Waals surface area contributed by atoms with Gasteiger partial charge in [-0.2, -0.15) is 9.78 Å². The fourth-order valence-corrected chi connectivity index (χ4v) is 5.13. The summed E-state index contributed by atoms with van der Waals surface area (Å²) in [4.78, 5) is 22.4. The van der Waals surface area contributed by atoms with E-state index in [1.54, 1.807) is 56.2 Å². The summed E-state index contributed by atoms with van der Waals surface area (Å²) in [5.41, 5.74) is 1.15. The third-order valence-electron chi connectivity index (χ3n) is 5.59. The van der Waals surface area contributed by atoms with Crippen molar-refractivity contribution in [3.8, 4) is 11.1 Å². The number of aryl methyl sites for hydroxylation is 1. The molecule has 0 radical (unpaired) electrons. The molecular formula is C23H29N11O3S. The van der Waals surface area contributed by atoms with Crippen LogP contribution in [0.2, 0.25) is 0 Å². The maximum atomic E-state index is 12.7. The summed E-state index contributed by atoms with van der Waals surface area (Å²) in [6.45, 7) is 6.29. The molecule has 4 heterocycles. The van der Waals surface area contributed by atoms with Crippen LogP contribution in [0.3, 0.4) is 0 Å². The Morgan fingerprint density at radius 1 is 1.13 bits per heavy atom. The topological polar surface area (TPSA) is 174 Å². The van der Waals surface area contributed by atoms with Gasteiger partial charge in [-0.3, -0.25) is 10.3 Å². The number of rotatable bonds is 9. The van der Waals surface area contributed by atoms with Crippen LogP contribution in [0.25, 0.3) is 16.8 Å². The van der Waals surface area contributed by atoms with Crippen LogP contribution in [0.5, 0.6) is 0 Å². The number of amides is 2. The van der Waals surface area contributed by atoms with Gasteiger partial charge in [-0.05, 0) is 69.0 Å². The van der Waals surface area contributed by atoms with E-state index in [-0.39, 0.29) is 10.8 Å². The van der Waals surface area contributed by atoms with Crippen molar-refractivity contribution < 1.29 is 13.2 Å². The molecule has 4 aromatic heterocycles. The van der Waals surface area contributed by atoms with Crippen molar-refractivity contribution in [1.29, 1.82) is 0 Å². The Labute approximate surface area is 219 Å². The summed E-state index contributed by atoms with van der Waals surface area (Å²) in [6, 6.07) is 4.63. The molecule has 38 heavy (non-hydrogen) atoms. The summed E-state index contributed by atoms with van der Waals surface area (Å²) >= 11 is 0. The molecular weight excluding hydrogens is 510 g/mol. The number of carbonyl (C=O) groups excluding carboxylic acids is 1. The van der Waals surface area contributed by atoms with Crippen molar-refractivity contribution in [3.63, 3.8) is 0 Å². The van der Waals surface area contributed by atoms with E-state index in [1.807, 2.05) is 0 Å². The Bertz CT molecular complexity index is 1570. The zero-order valence-corrected chi connectivity index (χ0v) is 22.1. The van der Waals surface area contributed by atoms with Gasteiger partial charge >= 0.3 is 6.03 Å². The van der Waals surface area contributed by atoms with Gasteiger partial charge in [-0.15, -0.1) is 15.3 Å². The number of anilines is 1. The first-order valence-corrected chi connectivity index (χ1v) is 13.7. The molecule has 2 amide bonds. The largest absolute Gasteiger partial charge is 0.338 e. The van der Waals surface area contributed by atoms with Crippen molar-refractivity contribution in [3.05, 3.63) is 42.6 Å². The fourth-order valence-electron chi connectivity index (χ4n) is 3.72. The van der Waals surface area contributed by atoms with Gasteiger partial charge < -0.3 is 5.32 Å². The van der Waals surface area contributed by atoms with Gasteiger partial charge in [0.1, 0.15) is 4.90 Å². The van der Waals surface area contributed by atoms with Crippen molar-refractivity contribution >= 4 is 27.6 Å². The highest BCUT2D eigenvalue weighted by molar-refractivity contribution is 7.89. The summed E-state index contributed by atoms with van der Waals surface area (Å²) < 4.78 is 29.6. The first-order valence-electron chi connectivity index (χ1n) is 12.2. The zero-order valence-electron chi connectivity index (χ0n) is 21.3. The molecule has 1 saturated carbocycles. The highest BCUT2D eigenvalue weighted by Crippen LogP contribution is 2.37. The van der Waals surface area contributed by atoms with Crippen molar-refractivity contribution in [2.45, 2.75) is 62.9 Å². The highest BCUT2D eigenvalue weighted by atomic mass is 32.2. The molecule has 0 atom stereocenters. The van der Waals surface area contributed by atoms with E-state index in [1.165, 1.54) is 10.7 Å². The molecule has 0 unspecified atom stereocenters. The minimum Gasteiger partial charge on any atom is -0.338 e. The normalized spacial score (nSPS) is 14.1. The van der Waals surface area contributed by atoms with Gasteiger partial charge in [0.25, 0.3) is 5.95 Å². The van der Waals surface area contributed by atoms with Gasteiger partial charge in [-0.1, -0.05) is 0 Å². The predicted octanol–water partition coefficient (Wildman–Crippen LogP) is 1.94. The summed E-state index contributed by atoms with van der Waals surface area (Å²) in [5, 5.41) is 22.1. The number of tetrazole rings is 1. The van der Waals surface area contributed by atoms with E-state index in [4.69, 9.17) is 0 Å². The lowest BCUT2D eigenvalue weighted by Gasteiger charge is -2.20. The smallest absolute Gasteiger partial charge is 0.321 e. The lowest BCUT2D eigenvalue weighted by molar-refractivity contribution is 0.251. The number of hydrogen-bond acceptors (Lipinski definition) is 9. The van der Waals surface area contributed by atoms with Crippen LogP contribution in [-0.2, 0) is 16.6 Å². The lowest BCUT2D eigenvalue weighted by atomic mass is 10.1. The highest BCUT2D eigenvalue weighted by Gasteiger charge is 2.28. The number of carbonyl (C=O) groups is 1. The van der Waals surface area contributed by atoms with E-state index < -0.39 is 21.6 Å². The number of fused-ring (bicyclic) bond motifs is 1. The maximum Gasteiger partial charge on any atom is 0.321 e. The SMILES string of the molecule is CC(C)(C)NS(=O)(=O)c1cncc(-c2ccn3nc(NC(=O)NCCCn4nnc(C5CC5)n4)nc3c2)c1.